The summed E-state index contributed by atoms with van der Waals surface area (Å²) in [6.45, 7) is 3.97. The number of carbonyl (C=O) groups is 1. The van der Waals surface area contributed by atoms with Crippen LogP contribution < -0.4 is 0 Å². The van der Waals surface area contributed by atoms with Crippen LogP contribution in [0.2, 0.25) is 0 Å². The summed E-state index contributed by atoms with van der Waals surface area (Å²) in [7, 11) is 1.97. The molecule has 0 N–H and O–H groups in total. The largest absolute Gasteiger partial charge is 0.371 e. The van der Waals surface area contributed by atoms with Crippen molar-refractivity contribution >= 4 is 16.6 Å². The molecule has 0 amide bonds. The van der Waals surface area contributed by atoms with Crippen molar-refractivity contribution in [3.63, 3.8) is 0 Å². The van der Waals surface area contributed by atoms with Crippen LogP contribution in [0.15, 0.2) is 43.0 Å². The minimum absolute atomic E-state index is 0.0401. The Bertz CT molecular complexity index is 868. The fourth-order valence-corrected chi connectivity index (χ4v) is 2.59. The number of fused-ring (bicyclic) bond motifs is 1. The van der Waals surface area contributed by atoms with Crippen LogP contribution in [-0.4, -0.2) is 33.0 Å². The number of hydrogen-bond donors (Lipinski definition) is 0. The topological polar surface area (TPSA) is 57.0 Å². The van der Waals surface area contributed by atoms with Crippen LogP contribution in [0.3, 0.4) is 0 Å². The molecule has 0 bridgehead atoms. The number of carbonyl (C=O) groups excluding carboxylic acids is 1. The Morgan fingerprint density at radius 3 is 2.75 bits per heavy atom. The van der Waals surface area contributed by atoms with E-state index in [1.165, 1.54) is 0 Å². The highest BCUT2D eigenvalue weighted by atomic mass is 16.5. The zero-order valence-corrected chi connectivity index (χ0v) is 14.2. The molecule has 0 atom stereocenters. The molecule has 24 heavy (non-hydrogen) atoms. The van der Waals surface area contributed by atoms with Crippen molar-refractivity contribution in [2.24, 2.45) is 7.05 Å². The summed E-state index contributed by atoms with van der Waals surface area (Å²) in [6, 6.07) is 8.18. The van der Waals surface area contributed by atoms with Crippen LogP contribution in [0.4, 0.5) is 0 Å². The molecule has 0 saturated carbocycles. The number of aryl methyl sites for hydroxylation is 1. The Kier molecular flexibility index (Phi) is 4.71. The summed E-state index contributed by atoms with van der Waals surface area (Å²) >= 11 is 0. The summed E-state index contributed by atoms with van der Waals surface area (Å²) in [5.41, 5.74) is 2.91. The van der Waals surface area contributed by atoms with Crippen molar-refractivity contribution in [2.75, 3.05) is 6.61 Å². The van der Waals surface area contributed by atoms with Gasteiger partial charge in [0.2, 0.25) is 0 Å². The van der Waals surface area contributed by atoms with E-state index in [-0.39, 0.29) is 18.5 Å². The zero-order valence-electron chi connectivity index (χ0n) is 14.2. The Balaban J connectivity index is 1.84. The van der Waals surface area contributed by atoms with E-state index < -0.39 is 0 Å². The van der Waals surface area contributed by atoms with Gasteiger partial charge in [-0.2, -0.15) is 0 Å². The minimum Gasteiger partial charge on any atom is -0.371 e. The van der Waals surface area contributed by atoms with E-state index in [1.807, 2.05) is 50.0 Å². The van der Waals surface area contributed by atoms with Gasteiger partial charge >= 0.3 is 0 Å². The van der Waals surface area contributed by atoms with Gasteiger partial charge in [-0.1, -0.05) is 12.1 Å². The maximum Gasteiger partial charge on any atom is 0.164 e. The molecule has 5 heteroatoms. The van der Waals surface area contributed by atoms with Gasteiger partial charge in [0.15, 0.2) is 5.78 Å². The first-order valence-electron chi connectivity index (χ1n) is 8.01. The molecule has 3 aromatic rings. The molecule has 124 valence electrons. The van der Waals surface area contributed by atoms with Crippen molar-refractivity contribution in [1.29, 1.82) is 0 Å². The number of ketones is 1. The lowest BCUT2D eigenvalue weighted by Gasteiger charge is -2.08. The van der Waals surface area contributed by atoms with Crippen molar-refractivity contribution in [2.45, 2.75) is 26.4 Å². The lowest BCUT2D eigenvalue weighted by molar-refractivity contribution is -0.124. The summed E-state index contributed by atoms with van der Waals surface area (Å²) < 4.78 is 7.34. The minimum atomic E-state index is 0.0401. The Morgan fingerprint density at radius 2 is 2.04 bits per heavy atom. The van der Waals surface area contributed by atoms with E-state index in [9.17, 15) is 4.79 Å². The predicted molar refractivity (Wildman–Crippen MR) is 93.7 cm³/mol. The third kappa shape index (κ3) is 3.68. The monoisotopic (exact) mass is 323 g/mol. The molecule has 2 aromatic heterocycles. The smallest absolute Gasteiger partial charge is 0.164 e. The number of hydrogen-bond acceptors (Lipinski definition) is 4. The fourth-order valence-electron chi connectivity index (χ4n) is 2.59. The van der Waals surface area contributed by atoms with Gasteiger partial charge in [-0.25, -0.2) is 4.98 Å². The fraction of sp³-hybridized carbons (Fsp3) is 0.316. The molecule has 0 aliphatic carbocycles. The van der Waals surface area contributed by atoms with Crippen molar-refractivity contribution < 1.29 is 9.53 Å². The van der Waals surface area contributed by atoms with Gasteiger partial charge in [-0.15, -0.1) is 0 Å². The first kappa shape index (κ1) is 16.3. The van der Waals surface area contributed by atoms with Gasteiger partial charge in [0.25, 0.3) is 0 Å². The number of imidazole rings is 1. The number of rotatable bonds is 6. The molecule has 0 saturated heterocycles. The Labute approximate surface area is 141 Å². The standard InChI is InChI=1S/C19H21N3O2/c1-13(2)24-11-18(23)8-17-7-16-6-14(4-5-15(16)9-21-17)19-10-20-12-22(19)3/h4-7,9-10,12-13H,8,11H2,1-3H3. The van der Waals surface area contributed by atoms with Gasteiger partial charge in [0.1, 0.15) is 6.61 Å². The molecule has 0 aliphatic heterocycles. The first-order chi connectivity index (χ1) is 11.5. The molecule has 0 radical (unpaired) electrons. The molecule has 2 heterocycles. The Morgan fingerprint density at radius 1 is 1.21 bits per heavy atom. The van der Waals surface area contributed by atoms with Crippen molar-refractivity contribution in [3.05, 3.63) is 48.7 Å². The van der Waals surface area contributed by atoms with E-state index in [4.69, 9.17) is 4.74 Å². The van der Waals surface area contributed by atoms with Gasteiger partial charge in [0.05, 0.1) is 30.7 Å². The average Bonchev–Trinajstić information content (AvgIpc) is 2.98. The van der Waals surface area contributed by atoms with Gasteiger partial charge in [-0.05, 0) is 31.4 Å². The second-order valence-electron chi connectivity index (χ2n) is 6.20. The number of pyridine rings is 1. The normalized spacial score (nSPS) is 11.3. The zero-order chi connectivity index (χ0) is 17.1. The SMILES string of the molecule is CC(C)OCC(=O)Cc1cc2cc(-c3cncn3C)ccc2cn1. The predicted octanol–water partition coefficient (Wildman–Crippen LogP) is 3.17. The van der Waals surface area contributed by atoms with Crippen LogP contribution >= 0.6 is 0 Å². The second-order valence-corrected chi connectivity index (χ2v) is 6.20. The highest BCUT2D eigenvalue weighted by Crippen LogP contribution is 2.24. The highest BCUT2D eigenvalue weighted by Gasteiger charge is 2.09. The van der Waals surface area contributed by atoms with Crippen LogP contribution in [0.5, 0.6) is 0 Å². The average molecular weight is 323 g/mol. The molecular weight excluding hydrogens is 302 g/mol. The maximum absolute atomic E-state index is 12.0. The molecule has 5 nitrogen and oxygen atoms in total. The van der Waals surface area contributed by atoms with E-state index in [0.29, 0.717) is 6.42 Å². The molecule has 3 rings (SSSR count). The second kappa shape index (κ2) is 6.93. The maximum atomic E-state index is 12.0. The van der Waals surface area contributed by atoms with E-state index in [1.54, 1.807) is 6.33 Å². The number of aromatic nitrogens is 3. The highest BCUT2D eigenvalue weighted by molar-refractivity contribution is 5.88. The molecule has 0 spiro atoms. The van der Waals surface area contributed by atoms with E-state index in [2.05, 4.69) is 22.1 Å². The van der Waals surface area contributed by atoms with E-state index >= 15 is 0 Å². The van der Waals surface area contributed by atoms with Crippen molar-refractivity contribution in [3.8, 4) is 11.3 Å². The van der Waals surface area contributed by atoms with Crippen LogP contribution in [0, 0.1) is 0 Å². The van der Waals surface area contributed by atoms with E-state index in [0.717, 1.165) is 27.7 Å². The Hall–Kier alpha value is -2.53. The molecule has 1 aromatic carbocycles. The molecular formula is C19H21N3O2. The van der Waals surface area contributed by atoms with Crippen LogP contribution in [-0.2, 0) is 23.0 Å². The molecule has 0 fully saturated rings. The third-order valence-electron chi connectivity index (χ3n) is 3.85. The summed E-state index contributed by atoms with van der Waals surface area (Å²) in [6.07, 6.45) is 5.79. The molecule has 0 aliphatic rings. The van der Waals surface area contributed by atoms with Gasteiger partial charge in [0, 0.05) is 29.9 Å². The number of nitrogens with zero attached hydrogens (tertiary/aromatic N) is 3. The third-order valence-corrected chi connectivity index (χ3v) is 3.85. The summed E-state index contributed by atoms with van der Waals surface area (Å²) in [5.74, 6) is 0.0401. The molecule has 0 unspecified atom stereocenters. The summed E-state index contributed by atoms with van der Waals surface area (Å²) in [5, 5.41) is 2.12. The number of ether oxygens (including phenoxy) is 1. The van der Waals surface area contributed by atoms with Crippen LogP contribution in [0.1, 0.15) is 19.5 Å². The first-order valence-corrected chi connectivity index (χ1v) is 8.01. The van der Waals surface area contributed by atoms with Gasteiger partial charge < -0.3 is 9.30 Å². The van der Waals surface area contributed by atoms with Crippen LogP contribution in [0.25, 0.3) is 22.0 Å². The number of benzene rings is 1. The lowest BCUT2D eigenvalue weighted by Crippen LogP contribution is -2.15. The summed E-state index contributed by atoms with van der Waals surface area (Å²) in [4.78, 5) is 20.5. The quantitative estimate of drug-likeness (QED) is 0.699. The van der Waals surface area contributed by atoms with Crippen molar-refractivity contribution in [1.82, 2.24) is 14.5 Å². The lowest BCUT2D eigenvalue weighted by atomic mass is 10.0. The van der Waals surface area contributed by atoms with Gasteiger partial charge in [-0.3, -0.25) is 9.78 Å². The number of Topliss-reactive ketones (excluding diaryl/α,β-unsaturated/α-hetero) is 1.